The number of hydrogen-bond acceptors (Lipinski definition) is 5. The molecule has 0 saturated carbocycles. The van der Waals surface area contributed by atoms with E-state index in [0.29, 0.717) is 41.3 Å². The Bertz CT molecular complexity index is 1820. The molecule has 0 spiro atoms. The van der Waals surface area contributed by atoms with Gasteiger partial charge in [0.05, 0.1) is 24.2 Å². The lowest BCUT2D eigenvalue weighted by Gasteiger charge is -2.17. The molecule has 5 rings (SSSR count). The van der Waals surface area contributed by atoms with Crippen LogP contribution in [-0.4, -0.2) is 23.0 Å². The van der Waals surface area contributed by atoms with Gasteiger partial charge in [0, 0.05) is 16.0 Å². The van der Waals surface area contributed by atoms with Crippen LogP contribution in [0.2, 0.25) is 0 Å². The molecule has 1 heterocycles. The number of benzene rings is 4. The first-order valence-electron chi connectivity index (χ1n) is 13.6. The number of hydrogen-bond donors (Lipinski definition) is 0. The van der Waals surface area contributed by atoms with Gasteiger partial charge in [-0.3, -0.25) is 4.79 Å². The highest BCUT2D eigenvalue weighted by molar-refractivity contribution is 9.10. The highest BCUT2D eigenvalue weighted by Crippen LogP contribution is 2.34. The van der Waals surface area contributed by atoms with Crippen LogP contribution in [0.25, 0.3) is 21.7 Å². The van der Waals surface area contributed by atoms with Crippen molar-refractivity contribution < 1.29 is 9.47 Å². The molecule has 0 aliphatic rings. The molecule has 0 saturated heterocycles. The van der Waals surface area contributed by atoms with Crippen LogP contribution < -0.4 is 15.0 Å². The molecular formula is C34H32BrN3O3. The summed E-state index contributed by atoms with van der Waals surface area (Å²) < 4.78 is 14.4. The number of ether oxygens (including phenoxy) is 2. The van der Waals surface area contributed by atoms with E-state index in [2.05, 4.69) is 58.8 Å². The lowest BCUT2D eigenvalue weighted by atomic mass is 10.0. The van der Waals surface area contributed by atoms with Crippen molar-refractivity contribution in [3.8, 4) is 11.5 Å². The minimum atomic E-state index is -0.212. The van der Waals surface area contributed by atoms with Gasteiger partial charge in [-0.2, -0.15) is 9.78 Å². The Labute approximate surface area is 248 Å². The predicted octanol–water partition coefficient (Wildman–Crippen LogP) is 8.02. The molecule has 7 heteroatoms. The van der Waals surface area contributed by atoms with Crippen LogP contribution in [-0.2, 0) is 13.0 Å². The summed E-state index contributed by atoms with van der Waals surface area (Å²) in [7, 11) is 1.62. The van der Waals surface area contributed by atoms with Crippen LogP contribution in [0.4, 0.5) is 0 Å². The summed E-state index contributed by atoms with van der Waals surface area (Å²) in [5, 5.41) is 7.47. The topological polar surface area (TPSA) is 65.7 Å². The van der Waals surface area contributed by atoms with Gasteiger partial charge in [-0.25, -0.2) is 4.98 Å². The molecule has 0 aliphatic carbocycles. The average Bonchev–Trinajstić information content (AvgIpc) is 2.99. The van der Waals surface area contributed by atoms with Gasteiger partial charge < -0.3 is 9.47 Å². The number of nitrogens with zero attached hydrogens (tertiary/aromatic N) is 3. The summed E-state index contributed by atoms with van der Waals surface area (Å²) >= 11 is 3.46. The van der Waals surface area contributed by atoms with Gasteiger partial charge in [-0.05, 0) is 65.1 Å². The summed E-state index contributed by atoms with van der Waals surface area (Å²) in [5.41, 5.74) is 3.22. The van der Waals surface area contributed by atoms with Crippen molar-refractivity contribution in [2.45, 2.75) is 39.2 Å². The van der Waals surface area contributed by atoms with Gasteiger partial charge in [0.15, 0.2) is 11.5 Å². The molecular weight excluding hydrogens is 578 g/mol. The SMILES string of the molecule is C=CCc1cc(C=Nn2c([C@H](C)CC)nc3ccc(Br)cc3c2=O)cc(OC)c1OCc1cccc2ccccc12. The predicted molar refractivity (Wildman–Crippen MR) is 171 cm³/mol. The lowest BCUT2D eigenvalue weighted by Crippen LogP contribution is -2.23. The Balaban J connectivity index is 1.53. The normalized spacial score (nSPS) is 12.2. The van der Waals surface area contributed by atoms with Crippen LogP contribution in [0, 0.1) is 0 Å². The lowest BCUT2D eigenvalue weighted by molar-refractivity contribution is 0.283. The fraction of sp³-hybridized carbons (Fsp3) is 0.206. The molecule has 0 aliphatic heterocycles. The molecule has 0 amide bonds. The van der Waals surface area contributed by atoms with E-state index in [9.17, 15) is 4.79 Å². The Hall–Kier alpha value is -4.23. The third kappa shape index (κ3) is 5.95. The van der Waals surface area contributed by atoms with Gasteiger partial charge >= 0.3 is 0 Å². The van der Waals surface area contributed by atoms with Crippen LogP contribution in [0.5, 0.6) is 11.5 Å². The fourth-order valence-corrected chi connectivity index (χ4v) is 5.21. The van der Waals surface area contributed by atoms with Gasteiger partial charge in [0.1, 0.15) is 12.4 Å². The Morgan fingerprint density at radius 1 is 1.05 bits per heavy atom. The van der Waals surface area contributed by atoms with Crippen molar-refractivity contribution in [3.05, 3.63) is 123 Å². The maximum absolute atomic E-state index is 13.5. The summed E-state index contributed by atoms with van der Waals surface area (Å²) in [6.45, 7) is 8.44. The monoisotopic (exact) mass is 609 g/mol. The third-order valence-electron chi connectivity index (χ3n) is 7.20. The minimum absolute atomic E-state index is 0.0450. The number of aromatic nitrogens is 2. The van der Waals surface area contributed by atoms with Gasteiger partial charge in [-0.1, -0.05) is 78.3 Å². The average molecular weight is 611 g/mol. The number of allylic oxidation sites excluding steroid dienone is 1. The minimum Gasteiger partial charge on any atom is -0.493 e. The molecule has 41 heavy (non-hydrogen) atoms. The number of methoxy groups -OCH3 is 1. The molecule has 6 nitrogen and oxygen atoms in total. The van der Waals surface area contributed by atoms with Crippen LogP contribution in [0.1, 0.15) is 48.7 Å². The van der Waals surface area contributed by atoms with Gasteiger partial charge in [0.25, 0.3) is 5.56 Å². The van der Waals surface area contributed by atoms with Crippen LogP contribution in [0.15, 0.2) is 99.8 Å². The van der Waals surface area contributed by atoms with Crippen molar-refractivity contribution in [2.24, 2.45) is 5.10 Å². The molecule has 0 fully saturated rings. The second-order valence-corrected chi connectivity index (χ2v) is 10.8. The summed E-state index contributed by atoms with van der Waals surface area (Å²) in [4.78, 5) is 18.3. The highest BCUT2D eigenvalue weighted by Gasteiger charge is 2.17. The van der Waals surface area contributed by atoms with Crippen LogP contribution in [0.3, 0.4) is 0 Å². The number of rotatable bonds is 10. The molecule has 0 bridgehead atoms. The second-order valence-electron chi connectivity index (χ2n) is 9.93. The van der Waals surface area contributed by atoms with Crippen molar-refractivity contribution in [3.63, 3.8) is 0 Å². The molecule has 0 unspecified atom stereocenters. The summed E-state index contributed by atoms with van der Waals surface area (Å²) in [6.07, 6.45) is 4.90. The molecule has 4 aromatic carbocycles. The van der Waals surface area contributed by atoms with E-state index < -0.39 is 0 Å². The maximum Gasteiger partial charge on any atom is 0.282 e. The zero-order valence-electron chi connectivity index (χ0n) is 23.4. The molecule has 5 aromatic rings. The first-order valence-corrected chi connectivity index (χ1v) is 14.4. The van der Waals surface area contributed by atoms with Gasteiger partial charge in [-0.15, -0.1) is 6.58 Å². The molecule has 0 N–H and O–H groups in total. The smallest absolute Gasteiger partial charge is 0.282 e. The second kappa shape index (κ2) is 12.5. The first-order chi connectivity index (χ1) is 19.9. The quantitative estimate of drug-likeness (QED) is 0.119. The zero-order chi connectivity index (χ0) is 28.9. The Morgan fingerprint density at radius 3 is 2.63 bits per heavy atom. The van der Waals surface area contributed by atoms with Crippen molar-refractivity contribution in [2.75, 3.05) is 7.11 Å². The van der Waals surface area contributed by atoms with E-state index in [0.717, 1.165) is 33.0 Å². The Kier molecular flexibility index (Phi) is 8.64. The van der Waals surface area contributed by atoms with E-state index in [1.165, 1.54) is 10.1 Å². The molecule has 1 atom stereocenters. The maximum atomic E-state index is 13.5. The summed E-state index contributed by atoms with van der Waals surface area (Å²) in [5.74, 6) is 1.91. The third-order valence-corrected chi connectivity index (χ3v) is 7.69. The van der Waals surface area contributed by atoms with E-state index in [-0.39, 0.29) is 11.5 Å². The van der Waals surface area contributed by atoms with Crippen molar-refractivity contribution in [1.82, 2.24) is 9.66 Å². The van der Waals surface area contributed by atoms with E-state index in [1.807, 2.05) is 55.5 Å². The van der Waals surface area contributed by atoms with E-state index in [4.69, 9.17) is 14.5 Å². The molecule has 1 aromatic heterocycles. The van der Waals surface area contributed by atoms with Crippen molar-refractivity contribution >= 4 is 43.8 Å². The van der Waals surface area contributed by atoms with Gasteiger partial charge in [0.2, 0.25) is 0 Å². The zero-order valence-corrected chi connectivity index (χ0v) is 25.0. The first kappa shape index (κ1) is 28.3. The van der Waals surface area contributed by atoms with E-state index in [1.54, 1.807) is 19.4 Å². The number of fused-ring (bicyclic) bond motifs is 2. The largest absolute Gasteiger partial charge is 0.493 e. The fourth-order valence-electron chi connectivity index (χ4n) is 4.85. The van der Waals surface area contributed by atoms with Crippen molar-refractivity contribution in [1.29, 1.82) is 0 Å². The number of halogens is 1. The van der Waals surface area contributed by atoms with Crippen LogP contribution >= 0.6 is 15.9 Å². The molecule has 208 valence electrons. The van der Waals surface area contributed by atoms with E-state index >= 15 is 0 Å². The summed E-state index contributed by atoms with van der Waals surface area (Å²) in [6, 6.07) is 23.9. The standard InChI is InChI=1S/C34H32BrN3O3/c1-5-10-25-17-23(18-31(40-4)32(25)41-21-26-13-9-12-24-11-7-8-14-28(24)26)20-36-38-33(22(3)6-2)37-30-16-15-27(35)19-29(30)34(38)39/h5,7-9,11-20,22H,1,6,10,21H2,2-4H3/t22-/m1/s1. The Morgan fingerprint density at radius 2 is 1.85 bits per heavy atom. The molecule has 0 radical (unpaired) electrons. The highest BCUT2D eigenvalue weighted by atomic mass is 79.9.